The summed E-state index contributed by atoms with van der Waals surface area (Å²) in [6.07, 6.45) is 0.198. The quantitative estimate of drug-likeness (QED) is 0.822. The molecule has 1 aromatic carbocycles. The first kappa shape index (κ1) is 14.2. The van der Waals surface area contributed by atoms with Gasteiger partial charge < -0.3 is 0 Å². The molecule has 0 atom stereocenters. The number of para-hydroxylation sites is 1. The van der Waals surface area contributed by atoms with Gasteiger partial charge in [-0.15, -0.1) is 0 Å². The van der Waals surface area contributed by atoms with Crippen molar-refractivity contribution in [2.75, 3.05) is 4.31 Å². The van der Waals surface area contributed by atoms with Crippen LogP contribution in [0.5, 0.6) is 0 Å². The fourth-order valence-corrected chi connectivity index (χ4v) is 2.00. The molecular weight excluding hydrogens is 283 g/mol. The van der Waals surface area contributed by atoms with Crippen molar-refractivity contribution in [3.05, 3.63) is 28.2 Å². The second-order valence-electron chi connectivity index (χ2n) is 3.09. The molecule has 0 spiro atoms. The van der Waals surface area contributed by atoms with Gasteiger partial charge in [-0.05, 0) is 12.1 Å². The highest BCUT2D eigenvalue weighted by Gasteiger charge is 2.19. The molecule has 3 amide bonds. The minimum Gasteiger partial charge on any atom is -0.277 e. The minimum absolute atomic E-state index is 0.198. The molecule has 1 rings (SSSR count). The van der Waals surface area contributed by atoms with Gasteiger partial charge in [-0.1, -0.05) is 49.0 Å². The van der Waals surface area contributed by atoms with Gasteiger partial charge >= 0.3 is 6.03 Å². The number of amides is 3. The van der Waals surface area contributed by atoms with Crippen molar-refractivity contribution in [1.29, 1.82) is 0 Å². The van der Waals surface area contributed by atoms with E-state index in [4.69, 9.17) is 23.2 Å². The highest BCUT2D eigenvalue weighted by atomic mass is 35.5. The Kier molecular flexibility index (Phi) is 5.11. The van der Waals surface area contributed by atoms with E-state index in [1.807, 2.05) is 0 Å². The summed E-state index contributed by atoms with van der Waals surface area (Å²) in [5.41, 5.74) is 0.237. The van der Waals surface area contributed by atoms with Crippen LogP contribution in [-0.4, -0.2) is 11.9 Å². The predicted molar refractivity (Wildman–Crippen MR) is 71.8 cm³/mol. The number of imide groups is 1. The van der Waals surface area contributed by atoms with E-state index in [9.17, 15) is 9.59 Å². The molecule has 0 heterocycles. The average molecular weight is 293 g/mol. The second kappa shape index (κ2) is 6.14. The zero-order chi connectivity index (χ0) is 13.0. The molecule has 0 radical (unpaired) electrons. The first-order valence-corrected chi connectivity index (χ1v) is 5.89. The van der Waals surface area contributed by atoms with Gasteiger partial charge in [0.2, 0.25) is 5.91 Å². The van der Waals surface area contributed by atoms with Gasteiger partial charge in [-0.2, -0.15) is 0 Å². The van der Waals surface area contributed by atoms with Crippen LogP contribution in [0.2, 0.25) is 10.0 Å². The summed E-state index contributed by atoms with van der Waals surface area (Å²) < 4.78 is 0.901. The topological polar surface area (TPSA) is 49.4 Å². The number of carbonyl (C=O) groups is 2. The monoisotopic (exact) mass is 292 g/mol. The SMILES string of the molecule is CCC(=O)NC(=O)N(S)c1c(Cl)cccc1Cl. The lowest BCUT2D eigenvalue weighted by Crippen LogP contribution is -2.38. The summed E-state index contributed by atoms with van der Waals surface area (Å²) in [5, 5.41) is 2.68. The summed E-state index contributed by atoms with van der Waals surface area (Å²) in [6.45, 7) is 1.63. The van der Waals surface area contributed by atoms with Gasteiger partial charge in [0.25, 0.3) is 0 Å². The number of nitrogens with zero attached hydrogens (tertiary/aromatic N) is 1. The summed E-state index contributed by atoms with van der Waals surface area (Å²) in [5.74, 6) is -0.405. The summed E-state index contributed by atoms with van der Waals surface area (Å²) in [6, 6.07) is 4.09. The van der Waals surface area contributed by atoms with E-state index in [1.54, 1.807) is 25.1 Å². The van der Waals surface area contributed by atoms with Crippen LogP contribution in [0.4, 0.5) is 10.5 Å². The summed E-state index contributed by atoms with van der Waals surface area (Å²) >= 11 is 15.8. The largest absolute Gasteiger partial charge is 0.338 e. The number of anilines is 1. The molecule has 7 heteroatoms. The van der Waals surface area contributed by atoms with Gasteiger partial charge in [0, 0.05) is 6.42 Å². The van der Waals surface area contributed by atoms with Crippen molar-refractivity contribution in [2.45, 2.75) is 13.3 Å². The Balaban J connectivity index is 2.93. The fourth-order valence-electron chi connectivity index (χ4n) is 1.05. The zero-order valence-corrected chi connectivity index (χ0v) is 11.3. The van der Waals surface area contributed by atoms with Crippen molar-refractivity contribution in [3.63, 3.8) is 0 Å². The molecule has 0 unspecified atom stereocenters. The average Bonchev–Trinajstić information content (AvgIpc) is 2.28. The molecule has 0 fully saturated rings. The standard InChI is InChI=1S/C10H10Cl2N2O2S/c1-2-8(15)13-10(16)14(17)9-6(11)4-3-5-7(9)12/h3-5,17H,2H2,1H3,(H,13,15,16). The van der Waals surface area contributed by atoms with Gasteiger partial charge in [-0.3, -0.25) is 10.1 Å². The molecule has 0 aromatic heterocycles. The Bertz CT molecular complexity index is 434. The van der Waals surface area contributed by atoms with Crippen LogP contribution in [0.15, 0.2) is 18.2 Å². The minimum atomic E-state index is -0.699. The van der Waals surface area contributed by atoms with E-state index in [1.165, 1.54) is 0 Å². The molecular formula is C10H10Cl2N2O2S. The van der Waals surface area contributed by atoms with Crippen LogP contribution in [-0.2, 0) is 4.79 Å². The van der Waals surface area contributed by atoms with Crippen molar-refractivity contribution in [1.82, 2.24) is 5.32 Å². The van der Waals surface area contributed by atoms with Crippen LogP contribution in [0.25, 0.3) is 0 Å². The number of thiol groups is 1. The third-order valence-electron chi connectivity index (χ3n) is 1.91. The zero-order valence-electron chi connectivity index (χ0n) is 8.91. The number of rotatable bonds is 2. The maximum absolute atomic E-state index is 11.6. The van der Waals surface area contributed by atoms with Crippen molar-refractivity contribution < 1.29 is 9.59 Å². The smallest absolute Gasteiger partial charge is 0.277 e. The second-order valence-corrected chi connectivity index (χ2v) is 4.30. The molecule has 0 aliphatic carbocycles. The van der Waals surface area contributed by atoms with E-state index < -0.39 is 11.9 Å². The summed E-state index contributed by atoms with van der Waals surface area (Å²) in [7, 11) is 0. The molecule has 0 saturated carbocycles. The number of benzene rings is 1. The van der Waals surface area contributed by atoms with Crippen LogP contribution >= 0.6 is 36.0 Å². The van der Waals surface area contributed by atoms with Crippen molar-refractivity contribution in [3.8, 4) is 0 Å². The van der Waals surface area contributed by atoms with Gasteiger partial charge in [-0.25, -0.2) is 9.10 Å². The van der Waals surface area contributed by atoms with E-state index in [2.05, 4.69) is 18.1 Å². The highest BCUT2D eigenvalue weighted by molar-refractivity contribution is 7.82. The number of urea groups is 1. The van der Waals surface area contributed by atoms with Crippen LogP contribution in [0, 0.1) is 0 Å². The number of carbonyl (C=O) groups excluding carboxylic acids is 2. The van der Waals surface area contributed by atoms with Gasteiger partial charge in [0.15, 0.2) is 0 Å². The summed E-state index contributed by atoms with van der Waals surface area (Å²) in [4.78, 5) is 22.7. The lowest BCUT2D eigenvalue weighted by Gasteiger charge is -2.18. The lowest BCUT2D eigenvalue weighted by molar-refractivity contribution is -0.119. The third kappa shape index (κ3) is 3.52. The maximum Gasteiger partial charge on any atom is 0.338 e. The molecule has 0 aliphatic rings. The van der Waals surface area contributed by atoms with Crippen LogP contribution in [0.1, 0.15) is 13.3 Å². The molecule has 92 valence electrons. The number of nitrogens with one attached hydrogen (secondary N) is 1. The highest BCUT2D eigenvalue weighted by Crippen LogP contribution is 2.34. The Morgan fingerprint density at radius 1 is 1.35 bits per heavy atom. The van der Waals surface area contributed by atoms with Crippen LogP contribution < -0.4 is 9.62 Å². The van der Waals surface area contributed by atoms with Crippen LogP contribution in [0.3, 0.4) is 0 Å². The molecule has 0 bridgehead atoms. The number of halogens is 2. The van der Waals surface area contributed by atoms with E-state index in [-0.39, 0.29) is 22.2 Å². The maximum atomic E-state index is 11.6. The first-order valence-electron chi connectivity index (χ1n) is 4.74. The Morgan fingerprint density at radius 3 is 2.35 bits per heavy atom. The molecule has 4 nitrogen and oxygen atoms in total. The Morgan fingerprint density at radius 2 is 1.88 bits per heavy atom. The number of hydrogen-bond acceptors (Lipinski definition) is 3. The van der Waals surface area contributed by atoms with Crippen molar-refractivity contribution in [2.24, 2.45) is 0 Å². The third-order valence-corrected chi connectivity index (χ3v) is 2.90. The first-order chi connectivity index (χ1) is 7.97. The fraction of sp³-hybridized carbons (Fsp3) is 0.200. The molecule has 1 N–H and O–H groups in total. The van der Waals surface area contributed by atoms with Gasteiger partial charge in [0.05, 0.1) is 15.7 Å². The van der Waals surface area contributed by atoms with Gasteiger partial charge in [0.1, 0.15) is 0 Å². The molecule has 0 aliphatic heterocycles. The van der Waals surface area contributed by atoms with Crippen molar-refractivity contribution >= 4 is 53.6 Å². The molecule has 17 heavy (non-hydrogen) atoms. The Hall–Kier alpha value is -0.910. The van der Waals surface area contributed by atoms with E-state index in [0.717, 1.165) is 4.31 Å². The van der Waals surface area contributed by atoms with E-state index in [0.29, 0.717) is 0 Å². The van der Waals surface area contributed by atoms with E-state index >= 15 is 0 Å². The normalized spacial score (nSPS) is 9.88. The predicted octanol–water partition coefficient (Wildman–Crippen LogP) is 3.29. The lowest BCUT2D eigenvalue weighted by atomic mass is 10.3. The molecule has 0 saturated heterocycles. The molecule has 1 aromatic rings. The Labute approximate surface area is 114 Å². The number of hydrogen-bond donors (Lipinski definition) is 2.